The Balaban J connectivity index is 1.48. The van der Waals surface area contributed by atoms with Crippen LogP contribution < -0.4 is 16.0 Å². The van der Waals surface area contributed by atoms with Crippen molar-refractivity contribution >= 4 is 23.3 Å². The summed E-state index contributed by atoms with van der Waals surface area (Å²) in [7, 11) is 0. The second-order valence-corrected chi connectivity index (χ2v) is 5.74. The van der Waals surface area contributed by atoms with Gasteiger partial charge < -0.3 is 20.7 Å². The summed E-state index contributed by atoms with van der Waals surface area (Å²) in [5.74, 6) is -0.233. The fraction of sp³-hybridized carbons (Fsp3) is 0.278. The summed E-state index contributed by atoms with van der Waals surface area (Å²) < 4.78 is 5.46. The summed E-state index contributed by atoms with van der Waals surface area (Å²) in [5, 5.41) is 8.32. The molecule has 7 heteroatoms. The number of aromatic nitrogens is 1. The lowest BCUT2D eigenvalue weighted by molar-refractivity contribution is 0.102. The molecule has 2 aromatic rings. The second-order valence-electron chi connectivity index (χ2n) is 5.74. The third kappa shape index (κ3) is 5.02. The fourth-order valence-corrected chi connectivity index (χ4v) is 2.52. The van der Waals surface area contributed by atoms with Gasteiger partial charge in [0.25, 0.3) is 5.91 Å². The molecule has 1 unspecified atom stereocenters. The number of carbonyl (C=O) groups is 2. The zero-order valence-corrected chi connectivity index (χ0v) is 13.7. The molecule has 3 rings (SSSR count). The Hall–Kier alpha value is -2.93. The monoisotopic (exact) mass is 340 g/mol. The Bertz CT molecular complexity index is 713. The number of ether oxygens (including phenoxy) is 1. The van der Waals surface area contributed by atoms with E-state index in [1.54, 1.807) is 42.6 Å². The minimum Gasteiger partial charge on any atom is -0.376 e. The number of hydrogen-bond donors (Lipinski definition) is 3. The van der Waals surface area contributed by atoms with E-state index in [2.05, 4.69) is 20.9 Å². The molecule has 3 N–H and O–H groups in total. The largest absolute Gasteiger partial charge is 0.376 e. The van der Waals surface area contributed by atoms with E-state index in [0.29, 0.717) is 23.5 Å². The molecule has 1 atom stereocenters. The Morgan fingerprint density at radius 3 is 2.52 bits per heavy atom. The maximum Gasteiger partial charge on any atom is 0.319 e. The molecule has 1 aliphatic rings. The van der Waals surface area contributed by atoms with Crippen LogP contribution in [0.2, 0.25) is 0 Å². The van der Waals surface area contributed by atoms with Gasteiger partial charge in [-0.05, 0) is 49.2 Å². The van der Waals surface area contributed by atoms with E-state index in [-0.39, 0.29) is 18.0 Å². The number of carbonyl (C=O) groups excluding carboxylic acids is 2. The summed E-state index contributed by atoms with van der Waals surface area (Å²) in [5.41, 5.74) is 1.77. The molecule has 1 aliphatic heterocycles. The van der Waals surface area contributed by atoms with Crippen molar-refractivity contribution in [3.63, 3.8) is 0 Å². The topological polar surface area (TPSA) is 92.4 Å². The Morgan fingerprint density at radius 1 is 1.12 bits per heavy atom. The number of pyridine rings is 1. The molecule has 1 aromatic heterocycles. The predicted molar refractivity (Wildman–Crippen MR) is 94.6 cm³/mol. The van der Waals surface area contributed by atoms with Crippen molar-refractivity contribution in [1.29, 1.82) is 0 Å². The molecule has 1 aromatic carbocycles. The lowest BCUT2D eigenvalue weighted by Gasteiger charge is -2.12. The van der Waals surface area contributed by atoms with Gasteiger partial charge in [-0.1, -0.05) is 0 Å². The van der Waals surface area contributed by atoms with Crippen molar-refractivity contribution in [2.24, 2.45) is 0 Å². The first kappa shape index (κ1) is 16.9. The number of rotatable bonds is 5. The number of nitrogens with zero attached hydrogens (tertiary/aromatic N) is 1. The molecule has 2 heterocycles. The Morgan fingerprint density at radius 2 is 1.88 bits per heavy atom. The molecule has 3 amide bonds. The van der Waals surface area contributed by atoms with Gasteiger partial charge >= 0.3 is 6.03 Å². The van der Waals surface area contributed by atoms with E-state index in [0.717, 1.165) is 19.4 Å². The summed E-state index contributed by atoms with van der Waals surface area (Å²) >= 11 is 0. The normalized spacial score (nSPS) is 16.2. The molecule has 130 valence electrons. The third-order valence-electron chi connectivity index (χ3n) is 3.84. The van der Waals surface area contributed by atoms with Crippen LogP contribution in [0.1, 0.15) is 23.2 Å². The summed E-state index contributed by atoms with van der Waals surface area (Å²) in [6, 6.07) is 10.0. The van der Waals surface area contributed by atoms with Gasteiger partial charge in [0.1, 0.15) is 0 Å². The highest BCUT2D eigenvalue weighted by molar-refractivity contribution is 6.04. The number of urea groups is 1. The molecule has 0 saturated carbocycles. The average Bonchev–Trinajstić information content (AvgIpc) is 3.16. The SMILES string of the molecule is O=C(NCC1CCCO1)Nc1ccc(NC(=O)c2cccnc2)cc1. The Kier molecular flexibility index (Phi) is 5.58. The lowest BCUT2D eigenvalue weighted by Crippen LogP contribution is -2.35. The van der Waals surface area contributed by atoms with Gasteiger partial charge in [-0.15, -0.1) is 0 Å². The fourth-order valence-electron chi connectivity index (χ4n) is 2.52. The molecular weight excluding hydrogens is 320 g/mol. The third-order valence-corrected chi connectivity index (χ3v) is 3.84. The van der Waals surface area contributed by atoms with Crippen LogP contribution in [0, 0.1) is 0 Å². The van der Waals surface area contributed by atoms with Gasteiger partial charge in [-0.3, -0.25) is 9.78 Å². The van der Waals surface area contributed by atoms with Crippen LogP contribution in [0.25, 0.3) is 0 Å². The van der Waals surface area contributed by atoms with Crippen molar-refractivity contribution in [2.75, 3.05) is 23.8 Å². The van der Waals surface area contributed by atoms with E-state index in [9.17, 15) is 9.59 Å². The highest BCUT2D eigenvalue weighted by Gasteiger charge is 2.16. The molecule has 1 fully saturated rings. The zero-order valence-electron chi connectivity index (χ0n) is 13.7. The summed E-state index contributed by atoms with van der Waals surface area (Å²) in [6.45, 7) is 1.27. The first-order valence-corrected chi connectivity index (χ1v) is 8.18. The smallest absolute Gasteiger partial charge is 0.319 e. The van der Waals surface area contributed by atoms with Crippen LogP contribution in [0.4, 0.5) is 16.2 Å². The van der Waals surface area contributed by atoms with Crippen LogP contribution in [-0.4, -0.2) is 36.2 Å². The van der Waals surface area contributed by atoms with Gasteiger partial charge in [0.15, 0.2) is 0 Å². The molecule has 1 saturated heterocycles. The maximum absolute atomic E-state index is 12.0. The second kappa shape index (κ2) is 8.25. The van der Waals surface area contributed by atoms with Crippen molar-refractivity contribution < 1.29 is 14.3 Å². The van der Waals surface area contributed by atoms with Gasteiger partial charge in [0.05, 0.1) is 11.7 Å². The minimum absolute atomic E-state index is 0.107. The Labute approximate surface area is 145 Å². The number of anilines is 2. The van der Waals surface area contributed by atoms with Crippen molar-refractivity contribution in [3.8, 4) is 0 Å². The molecule has 0 radical (unpaired) electrons. The van der Waals surface area contributed by atoms with E-state index < -0.39 is 0 Å². The average molecular weight is 340 g/mol. The van der Waals surface area contributed by atoms with Crippen molar-refractivity contribution in [1.82, 2.24) is 10.3 Å². The standard InChI is InChI=1S/C18H20N4O3/c23-17(13-3-1-9-19-11-13)21-14-5-7-15(8-6-14)22-18(24)20-12-16-4-2-10-25-16/h1,3,5-9,11,16H,2,4,10,12H2,(H,21,23)(H2,20,22,24). The molecule has 0 aliphatic carbocycles. The van der Waals surface area contributed by atoms with Gasteiger partial charge in [0.2, 0.25) is 0 Å². The molecule has 25 heavy (non-hydrogen) atoms. The van der Waals surface area contributed by atoms with Crippen molar-refractivity contribution in [3.05, 3.63) is 54.4 Å². The van der Waals surface area contributed by atoms with E-state index in [1.165, 1.54) is 6.20 Å². The number of nitrogens with one attached hydrogen (secondary N) is 3. The lowest BCUT2D eigenvalue weighted by atomic mass is 10.2. The van der Waals surface area contributed by atoms with Crippen molar-refractivity contribution in [2.45, 2.75) is 18.9 Å². The number of amides is 3. The maximum atomic E-state index is 12.0. The van der Waals surface area contributed by atoms with E-state index in [1.807, 2.05) is 0 Å². The zero-order chi connectivity index (χ0) is 17.5. The summed E-state index contributed by atoms with van der Waals surface area (Å²) in [4.78, 5) is 27.8. The van der Waals surface area contributed by atoms with Gasteiger partial charge in [-0.2, -0.15) is 0 Å². The highest BCUT2D eigenvalue weighted by Crippen LogP contribution is 2.15. The number of benzene rings is 1. The first-order valence-electron chi connectivity index (χ1n) is 8.18. The van der Waals surface area contributed by atoms with Crippen LogP contribution in [-0.2, 0) is 4.74 Å². The molecule has 0 spiro atoms. The molecule has 7 nitrogen and oxygen atoms in total. The van der Waals surface area contributed by atoms with Crippen LogP contribution >= 0.6 is 0 Å². The van der Waals surface area contributed by atoms with Gasteiger partial charge in [-0.25, -0.2) is 4.79 Å². The molecular formula is C18H20N4O3. The van der Waals surface area contributed by atoms with E-state index >= 15 is 0 Å². The highest BCUT2D eigenvalue weighted by atomic mass is 16.5. The van der Waals surface area contributed by atoms with Gasteiger partial charge in [0, 0.05) is 36.9 Å². The molecule has 0 bridgehead atoms. The quantitative estimate of drug-likeness (QED) is 0.780. The predicted octanol–water partition coefficient (Wildman–Crippen LogP) is 2.63. The minimum atomic E-state index is -0.275. The van der Waals surface area contributed by atoms with Crippen LogP contribution in [0.3, 0.4) is 0 Å². The number of hydrogen-bond acceptors (Lipinski definition) is 4. The first-order chi connectivity index (χ1) is 12.2. The van der Waals surface area contributed by atoms with Crippen LogP contribution in [0.5, 0.6) is 0 Å². The summed E-state index contributed by atoms with van der Waals surface area (Å²) in [6.07, 6.45) is 5.24. The van der Waals surface area contributed by atoms with E-state index in [4.69, 9.17) is 4.74 Å². The van der Waals surface area contributed by atoms with Crippen LogP contribution in [0.15, 0.2) is 48.8 Å².